The summed E-state index contributed by atoms with van der Waals surface area (Å²) in [5, 5.41) is 3.88. The Bertz CT molecular complexity index is 1870. The summed E-state index contributed by atoms with van der Waals surface area (Å²) in [7, 11) is 0. The number of para-hydroxylation sites is 1. The Labute approximate surface area is 310 Å². The lowest BCUT2D eigenvalue weighted by atomic mass is 9.47. The van der Waals surface area contributed by atoms with Crippen molar-refractivity contribution in [3.05, 3.63) is 137 Å². The predicted molar refractivity (Wildman–Crippen MR) is 209 cm³/mol. The zero-order chi connectivity index (χ0) is 34.2. The van der Waals surface area contributed by atoms with Gasteiger partial charge in [0.2, 0.25) is 0 Å². The highest BCUT2D eigenvalue weighted by atomic mass is 16.5. The fourth-order valence-electron chi connectivity index (χ4n) is 13.0. The lowest BCUT2D eigenvalue weighted by molar-refractivity contribution is -0.130. The van der Waals surface area contributed by atoms with Crippen LogP contribution in [0.15, 0.2) is 137 Å². The van der Waals surface area contributed by atoms with Crippen molar-refractivity contribution < 1.29 is 9.47 Å². The molecule has 4 aliphatic heterocycles. The highest BCUT2D eigenvalue weighted by Crippen LogP contribution is 2.67. The Morgan fingerprint density at radius 3 is 2.71 bits per heavy atom. The molecule has 4 heteroatoms. The first-order valence-electron chi connectivity index (χ1n) is 20.9. The van der Waals surface area contributed by atoms with Crippen LogP contribution in [0.1, 0.15) is 70.6 Å². The molecule has 3 saturated heterocycles. The van der Waals surface area contributed by atoms with E-state index in [4.69, 9.17) is 9.47 Å². The standard InChI is InChI=1S/C48H54N2O2/c1-2-13-33(14-3-1)50-41-20-7-4-15-35(41)36-29-31(25-27-42(36)50)34-16-12-23-45-47(34)48(37-17-5-8-21-43(37)51-45)38-18-6-9-22-44(38)52-46-30-32(24-26-39(46)48)40-19-10-11-28-49-40/h1-6,8-9,13-18,22,25,27,30-31,35-36,38-44,46,49H,7,10-12,19-21,23-24,26,28-29H2. The first kappa shape index (κ1) is 31.9. The summed E-state index contributed by atoms with van der Waals surface area (Å²) < 4.78 is 14.5. The number of hydrogen-bond acceptors (Lipinski definition) is 4. The second-order valence-corrected chi connectivity index (χ2v) is 17.3. The van der Waals surface area contributed by atoms with E-state index in [-0.39, 0.29) is 29.6 Å². The van der Waals surface area contributed by atoms with E-state index in [2.05, 4.69) is 120 Å². The Balaban J connectivity index is 1.03. The largest absolute Gasteiger partial charge is 0.490 e. The number of nitrogens with zero attached hydrogens (tertiary/aromatic N) is 1. The average molecular weight is 691 g/mol. The summed E-state index contributed by atoms with van der Waals surface area (Å²) in [6.07, 6.45) is 45.3. The van der Waals surface area contributed by atoms with Crippen LogP contribution in [0.4, 0.5) is 5.69 Å². The number of rotatable bonds is 3. The van der Waals surface area contributed by atoms with E-state index in [1.165, 1.54) is 62.0 Å². The first-order chi connectivity index (χ1) is 25.8. The quantitative estimate of drug-likeness (QED) is 0.321. The second-order valence-electron chi connectivity index (χ2n) is 17.3. The molecule has 6 aliphatic carbocycles. The molecule has 1 aromatic carbocycles. The first-order valence-corrected chi connectivity index (χ1v) is 20.9. The van der Waals surface area contributed by atoms with Crippen molar-refractivity contribution in [3.8, 4) is 0 Å². The maximum atomic E-state index is 7.26. The number of fused-ring (bicyclic) bond motifs is 10. The van der Waals surface area contributed by atoms with Gasteiger partial charge in [-0.1, -0.05) is 109 Å². The van der Waals surface area contributed by atoms with Crippen molar-refractivity contribution >= 4 is 5.69 Å². The normalized spacial score (nSPS) is 42.6. The van der Waals surface area contributed by atoms with E-state index >= 15 is 0 Å². The molecule has 4 heterocycles. The van der Waals surface area contributed by atoms with E-state index in [0.29, 0.717) is 41.8 Å². The maximum absolute atomic E-state index is 7.26. The third-order valence-electron chi connectivity index (χ3n) is 14.9. The van der Waals surface area contributed by atoms with Gasteiger partial charge in [0.1, 0.15) is 11.9 Å². The van der Waals surface area contributed by atoms with Crippen LogP contribution < -0.4 is 10.2 Å². The highest BCUT2D eigenvalue weighted by molar-refractivity contribution is 5.59. The van der Waals surface area contributed by atoms with Gasteiger partial charge in [-0.25, -0.2) is 0 Å². The summed E-state index contributed by atoms with van der Waals surface area (Å²) in [4.78, 5) is 2.79. The van der Waals surface area contributed by atoms with Crippen LogP contribution in [0.3, 0.4) is 0 Å². The number of allylic oxidation sites excluding steroid dienone is 10. The number of piperidine rings is 1. The molecule has 0 saturated carbocycles. The lowest BCUT2D eigenvalue weighted by Gasteiger charge is -2.62. The molecule has 12 atom stereocenters. The summed E-state index contributed by atoms with van der Waals surface area (Å²) >= 11 is 0. The summed E-state index contributed by atoms with van der Waals surface area (Å²) in [6, 6.07) is 12.8. The smallest absolute Gasteiger partial charge is 0.124 e. The molecule has 4 nitrogen and oxygen atoms in total. The summed E-state index contributed by atoms with van der Waals surface area (Å²) in [6.45, 7) is 1.14. The predicted octanol–water partition coefficient (Wildman–Crippen LogP) is 9.64. The molecule has 10 aliphatic rings. The number of ether oxygens (including phenoxy) is 2. The Kier molecular flexibility index (Phi) is 7.83. The van der Waals surface area contributed by atoms with Crippen molar-refractivity contribution in [2.75, 3.05) is 11.4 Å². The van der Waals surface area contributed by atoms with Gasteiger partial charge in [0.25, 0.3) is 0 Å². The molecule has 0 aromatic heterocycles. The minimum atomic E-state index is -0.157. The molecular weight excluding hydrogens is 637 g/mol. The van der Waals surface area contributed by atoms with Crippen molar-refractivity contribution in [1.82, 2.24) is 5.32 Å². The Hall–Kier alpha value is -3.60. The molecule has 268 valence electrons. The number of anilines is 1. The van der Waals surface area contributed by atoms with E-state index in [0.717, 1.165) is 32.2 Å². The SMILES string of the molecule is C1=CCC2OC3=C(C(C4C=CC5C(C4)C4C=CCCC4N5c4ccccc4)=CCC3)C3(C2=C1)C1C=CC=CC1OC1C=C(C2CCCCN2)CCC13. The fraction of sp³-hybridized carbons (Fsp3) is 0.500. The summed E-state index contributed by atoms with van der Waals surface area (Å²) in [5.74, 6) is 3.50. The van der Waals surface area contributed by atoms with Crippen molar-refractivity contribution in [2.45, 2.75) is 107 Å². The van der Waals surface area contributed by atoms with Gasteiger partial charge in [-0.3, -0.25) is 0 Å². The molecule has 1 aromatic rings. The van der Waals surface area contributed by atoms with Gasteiger partial charge in [0, 0.05) is 65.3 Å². The van der Waals surface area contributed by atoms with E-state index < -0.39 is 0 Å². The van der Waals surface area contributed by atoms with Crippen LogP contribution in [0.5, 0.6) is 0 Å². The van der Waals surface area contributed by atoms with E-state index in [9.17, 15) is 0 Å². The van der Waals surface area contributed by atoms with Gasteiger partial charge in [0.05, 0.1) is 18.2 Å². The van der Waals surface area contributed by atoms with Crippen LogP contribution in [-0.4, -0.2) is 43.0 Å². The highest BCUT2D eigenvalue weighted by Gasteiger charge is 2.64. The van der Waals surface area contributed by atoms with Crippen LogP contribution in [0.2, 0.25) is 0 Å². The van der Waals surface area contributed by atoms with Crippen LogP contribution >= 0.6 is 0 Å². The number of benzene rings is 1. The molecule has 3 fully saturated rings. The zero-order valence-corrected chi connectivity index (χ0v) is 30.5. The van der Waals surface area contributed by atoms with Crippen LogP contribution in [0.25, 0.3) is 0 Å². The van der Waals surface area contributed by atoms with Gasteiger partial charge < -0.3 is 19.7 Å². The minimum absolute atomic E-state index is 0.0531. The minimum Gasteiger partial charge on any atom is -0.490 e. The van der Waals surface area contributed by atoms with E-state index in [1.807, 2.05) is 0 Å². The number of hydrogen-bond donors (Lipinski definition) is 1. The molecule has 0 amide bonds. The van der Waals surface area contributed by atoms with Gasteiger partial charge >= 0.3 is 0 Å². The van der Waals surface area contributed by atoms with E-state index in [1.54, 1.807) is 16.7 Å². The van der Waals surface area contributed by atoms with Crippen LogP contribution in [-0.2, 0) is 9.47 Å². The van der Waals surface area contributed by atoms with Gasteiger partial charge in [-0.05, 0) is 87.1 Å². The topological polar surface area (TPSA) is 33.7 Å². The summed E-state index contributed by atoms with van der Waals surface area (Å²) in [5.41, 5.74) is 7.48. The average Bonchev–Trinajstić information content (AvgIpc) is 3.54. The molecular formula is C48H54N2O2. The zero-order valence-electron chi connectivity index (χ0n) is 30.5. The molecule has 0 bridgehead atoms. The molecule has 1 N–H and O–H groups in total. The fourth-order valence-corrected chi connectivity index (χ4v) is 13.0. The third-order valence-corrected chi connectivity index (χ3v) is 14.9. The molecule has 0 radical (unpaired) electrons. The van der Waals surface area contributed by atoms with Gasteiger partial charge in [-0.2, -0.15) is 0 Å². The molecule has 52 heavy (non-hydrogen) atoms. The maximum Gasteiger partial charge on any atom is 0.124 e. The lowest BCUT2D eigenvalue weighted by Crippen LogP contribution is -2.60. The Morgan fingerprint density at radius 2 is 1.79 bits per heavy atom. The van der Waals surface area contributed by atoms with Crippen molar-refractivity contribution in [1.29, 1.82) is 0 Å². The third kappa shape index (κ3) is 4.78. The Morgan fingerprint density at radius 1 is 0.846 bits per heavy atom. The monoisotopic (exact) mass is 690 g/mol. The van der Waals surface area contributed by atoms with Crippen molar-refractivity contribution in [2.24, 2.45) is 35.0 Å². The van der Waals surface area contributed by atoms with Crippen molar-refractivity contribution in [3.63, 3.8) is 0 Å². The molecule has 1 spiro atoms. The van der Waals surface area contributed by atoms with Crippen LogP contribution in [0, 0.1) is 35.0 Å². The number of nitrogens with one attached hydrogen (secondary N) is 1. The van der Waals surface area contributed by atoms with Gasteiger partial charge in [-0.15, -0.1) is 0 Å². The second kappa shape index (κ2) is 12.8. The molecule has 11 rings (SSSR count). The molecule has 12 unspecified atom stereocenters. The van der Waals surface area contributed by atoms with Gasteiger partial charge in [0.15, 0.2) is 0 Å².